The quantitative estimate of drug-likeness (QED) is 0.305. The summed E-state index contributed by atoms with van der Waals surface area (Å²) in [6.45, 7) is 8.14. The molecule has 162 valence electrons. The van der Waals surface area contributed by atoms with E-state index in [-0.39, 0.29) is 17.8 Å². The molecule has 0 saturated carbocycles. The lowest BCUT2D eigenvalue weighted by Gasteiger charge is -2.17. The number of aryl methyl sites for hydroxylation is 1. The molecule has 1 N–H and O–H groups in total. The Morgan fingerprint density at radius 2 is 1.94 bits per heavy atom. The Bertz CT molecular complexity index is 1070. The summed E-state index contributed by atoms with van der Waals surface area (Å²) in [5, 5.41) is 13.3. The highest BCUT2D eigenvalue weighted by Gasteiger charge is 2.20. The summed E-state index contributed by atoms with van der Waals surface area (Å²) in [5.41, 5.74) is 1.62. The van der Waals surface area contributed by atoms with Crippen LogP contribution in [0.15, 0.2) is 60.3 Å². The molecule has 9 heteroatoms. The van der Waals surface area contributed by atoms with Crippen LogP contribution in [0.2, 0.25) is 10.0 Å². The van der Waals surface area contributed by atoms with Gasteiger partial charge in [-0.05, 0) is 61.9 Å². The molecule has 0 aliphatic heterocycles. The molecule has 0 aliphatic carbocycles. The number of aromatic nitrogens is 3. The van der Waals surface area contributed by atoms with Gasteiger partial charge in [-0.1, -0.05) is 41.0 Å². The monoisotopic (exact) mass is 476 g/mol. The Morgan fingerprint density at radius 1 is 1.23 bits per heavy atom. The third-order valence-corrected chi connectivity index (χ3v) is 5.78. The molecule has 1 atom stereocenters. The first kappa shape index (κ1) is 23.2. The summed E-state index contributed by atoms with van der Waals surface area (Å²) < 4.78 is 7.98. The van der Waals surface area contributed by atoms with Gasteiger partial charge in [-0.25, -0.2) is 0 Å². The average Bonchev–Trinajstić information content (AvgIpc) is 3.13. The number of hydrogen-bond acceptors (Lipinski definition) is 5. The number of nitrogens with one attached hydrogen (secondary N) is 1. The number of carbonyl (C=O) groups excluding carboxylic acids is 1. The fourth-order valence-corrected chi connectivity index (χ4v) is 3.96. The number of nitrogens with zero attached hydrogens (tertiary/aromatic N) is 3. The number of thioether (sulfide) groups is 1. The molecule has 6 nitrogen and oxygen atoms in total. The van der Waals surface area contributed by atoms with Crippen molar-refractivity contribution in [2.45, 2.75) is 31.7 Å². The van der Waals surface area contributed by atoms with Crippen LogP contribution in [-0.2, 0) is 11.3 Å². The summed E-state index contributed by atoms with van der Waals surface area (Å²) in [4.78, 5) is 12.3. The Labute approximate surface area is 195 Å². The van der Waals surface area contributed by atoms with E-state index in [1.54, 1.807) is 36.4 Å². The molecule has 0 fully saturated rings. The highest BCUT2D eigenvalue weighted by atomic mass is 35.5. The molecular weight excluding hydrogens is 455 g/mol. The number of carbonyl (C=O) groups is 1. The van der Waals surface area contributed by atoms with Crippen molar-refractivity contribution in [2.24, 2.45) is 0 Å². The van der Waals surface area contributed by atoms with Gasteiger partial charge in [0, 0.05) is 22.3 Å². The molecule has 31 heavy (non-hydrogen) atoms. The largest absolute Gasteiger partial charge is 0.482 e. The maximum Gasteiger partial charge on any atom is 0.234 e. The third-order valence-electron chi connectivity index (χ3n) is 4.32. The van der Waals surface area contributed by atoms with Crippen LogP contribution in [0.25, 0.3) is 0 Å². The SMILES string of the molecule is C=CCn1c(SCC(=O)Nc2ccc(Cl)cc2)nnc1C(C)Oc1ccc(Cl)cc1C. The van der Waals surface area contributed by atoms with Crippen molar-refractivity contribution in [1.29, 1.82) is 0 Å². The van der Waals surface area contributed by atoms with Crippen LogP contribution in [-0.4, -0.2) is 26.4 Å². The van der Waals surface area contributed by atoms with Crippen molar-refractivity contribution in [3.63, 3.8) is 0 Å². The average molecular weight is 477 g/mol. The fraction of sp³-hybridized carbons (Fsp3) is 0.227. The minimum absolute atomic E-state index is 0.150. The molecule has 1 unspecified atom stereocenters. The van der Waals surface area contributed by atoms with Gasteiger partial charge in [0.2, 0.25) is 5.91 Å². The molecule has 1 amide bonds. The van der Waals surface area contributed by atoms with E-state index in [9.17, 15) is 4.79 Å². The number of anilines is 1. The predicted octanol–water partition coefficient (Wildman–Crippen LogP) is 5.95. The summed E-state index contributed by atoms with van der Waals surface area (Å²) in [7, 11) is 0. The summed E-state index contributed by atoms with van der Waals surface area (Å²) in [5.74, 6) is 1.41. The number of halogens is 2. The van der Waals surface area contributed by atoms with E-state index in [4.69, 9.17) is 27.9 Å². The van der Waals surface area contributed by atoms with Crippen molar-refractivity contribution < 1.29 is 9.53 Å². The van der Waals surface area contributed by atoms with E-state index in [2.05, 4.69) is 22.1 Å². The molecule has 0 aliphatic rings. The van der Waals surface area contributed by atoms with Crippen molar-refractivity contribution >= 4 is 46.6 Å². The molecule has 3 aromatic rings. The minimum atomic E-state index is -0.357. The number of ether oxygens (including phenoxy) is 1. The number of benzene rings is 2. The van der Waals surface area contributed by atoms with Gasteiger partial charge in [0.15, 0.2) is 17.1 Å². The van der Waals surface area contributed by atoms with Crippen LogP contribution in [0.1, 0.15) is 24.4 Å². The van der Waals surface area contributed by atoms with Crippen LogP contribution in [0.4, 0.5) is 5.69 Å². The molecule has 1 heterocycles. The van der Waals surface area contributed by atoms with E-state index in [0.717, 1.165) is 11.3 Å². The summed E-state index contributed by atoms with van der Waals surface area (Å²) in [6, 6.07) is 12.4. The van der Waals surface area contributed by atoms with Gasteiger partial charge in [0.25, 0.3) is 0 Å². The lowest BCUT2D eigenvalue weighted by atomic mass is 10.2. The van der Waals surface area contributed by atoms with E-state index >= 15 is 0 Å². The second-order valence-corrected chi connectivity index (χ2v) is 8.57. The molecule has 2 aromatic carbocycles. The van der Waals surface area contributed by atoms with Gasteiger partial charge in [0.05, 0.1) is 5.75 Å². The van der Waals surface area contributed by atoms with E-state index in [0.29, 0.717) is 33.3 Å². The normalized spacial score (nSPS) is 11.7. The first-order chi connectivity index (χ1) is 14.9. The zero-order valence-electron chi connectivity index (χ0n) is 17.1. The van der Waals surface area contributed by atoms with Gasteiger partial charge in [0.1, 0.15) is 5.75 Å². The highest BCUT2D eigenvalue weighted by Crippen LogP contribution is 2.28. The molecule has 0 saturated heterocycles. The Kier molecular flexibility index (Phi) is 8.01. The number of amides is 1. The smallest absolute Gasteiger partial charge is 0.234 e. The second kappa shape index (κ2) is 10.7. The van der Waals surface area contributed by atoms with Gasteiger partial charge in [-0.3, -0.25) is 9.36 Å². The standard InChI is InChI=1S/C22H22Cl2N4O2S/c1-4-11-28-21(15(3)30-19-10-7-17(24)12-14(19)2)26-27-22(28)31-13-20(29)25-18-8-5-16(23)6-9-18/h4-10,12,15H,1,11,13H2,2-3H3,(H,25,29). The van der Waals surface area contributed by atoms with Gasteiger partial charge in [-0.2, -0.15) is 0 Å². The van der Waals surface area contributed by atoms with E-state index in [1.165, 1.54) is 11.8 Å². The molecular formula is C22H22Cl2N4O2S. The fourth-order valence-electron chi connectivity index (χ4n) is 2.86. The van der Waals surface area contributed by atoms with Crippen LogP contribution in [0, 0.1) is 6.92 Å². The molecule has 0 spiro atoms. The molecule has 0 radical (unpaired) electrons. The minimum Gasteiger partial charge on any atom is -0.482 e. The van der Waals surface area contributed by atoms with Crippen LogP contribution >= 0.6 is 35.0 Å². The number of hydrogen-bond donors (Lipinski definition) is 1. The van der Waals surface area contributed by atoms with Gasteiger partial charge < -0.3 is 10.1 Å². The molecule has 0 bridgehead atoms. The number of allylic oxidation sites excluding steroid dienone is 1. The first-order valence-corrected chi connectivity index (χ1v) is 11.3. The van der Waals surface area contributed by atoms with Gasteiger partial charge >= 0.3 is 0 Å². The Morgan fingerprint density at radius 3 is 2.61 bits per heavy atom. The van der Waals surface area contributed by atoms with E-state index in [1.807, 2.05) is 30.5 Å². The third kappa shape index (κ3) is 6.26. The number of rotatable bonds is 9. The zero-order chi connectivity index (χ0) is 22.4. The maximum absolute atomic E-state index is 12.3. The summed E-state index contributed by atoms with van der Waals surface area (Å²) >= 11 is 13.2. The predicted molar refractivity (Wildman–Crippen MR) is 126 cm³/mol. The second-order valence-electron chi connectivity index (χ2n) is 6.75. The van der Waals surface area contributed by atoms with Crippen molar-refractivity contribution in [1.82, 2.24) is 14.8 Å². The van der Waals surface area contributed by atoms with Crippen molar-refractivity contribution in [3.05, 3.63) is 76.6 Å². The lowest BCUT2D eigenvalue weighted by Crippen LogP contribution is -2.15. The lowest BCUT2D eigenvalue weighted by molar-refractivity contribution is -0.113. The Hall–Kier alpha value is -2.48. The maximum atomic E-state index is 12.3. The molecule has 3 rings (SSSR count). The molecule has 1 aromatic heterocycles. The topological polar surface area (TPSA) is 69.0 Å². The van der Waals surface area contributed by atoms with Gasteiger partial charge in [-0.15, -0.1) is 16.8 Å². The highest BCUT2D eigenvalue weighted by molar-refractivity contribution is 7.99. The van der Waals surface area contributed by atoms with Crippen molar-refractivity contribution in [3.8, 4) is 5.75 Å². The summed E-state index contributed by atoms with van der Waals surface area (Å²) in [6.07, 6.45) is 1.40. The van der Waals surface area contributed by atoms with Crippen LogP contribution < -0.4 is 10.1 Å². The zero-order valence-corrected chi connectivity index (χ0v) is 19.5. The Balaban J connectivity index is 1.68. The van der Waals surface area contributed by atoms with Crippen molar-refractivity contribution in [2.75, 3.05) is 11.1 Å². The van der Waals surface area contributed by atoms with Crippen LogP contribution in [0.3, 0.4) is 0 Å². The van der Waals surface area contributed by atoms with E-state index < -0.39 is 0 Å². The first-order valence-electron chi connectivity index (χ1n) is 9.52. The van der Waals surface area contributed by atoms with Crippen LogP contribution in [0.5, 0.6) is 5.75 Å².